The Morgan fingerprint density at radius 2 is 1.93 bits per heavy atom. The Bertz CT molecular complexity index is 1010. The fourth-order valence-corrected chi connectivity index (χ4v) is 3.81. The molecule has 7 nitrogen and oxygen atoms in total. The highest BCUT2D eigenvalue weighted by Crippen LogP contribution is 2.18. The second-order valence-corrected chi connectivity index (χ2v) is 8.33. The number of hydrogen-bond donors (Lipinski definition) is 1. The molecular formula is C19H24N4O3S. The van der Waals surface area contributed by atoms with Gasteiger partial charge in [-0.25, -0.2) is 23.1 Å². The van der Waals surface area contributed by atoms with Crippen LogP contribution in [0.15, 0.2) is 47.5 Å². The molecule has 0 radical (unpaired) electrons. The largest absolute Gasteiger partial charge is 0.383 e. The van der Waals surface area contributed by atoms with E-state index in [0.29, 0.717) is 30.5 Å². The smallest absolute Gasteiger partial charge is 0.240 e. The molecule has 0 bridgehead atoms. The first-order valence-electron chi connectivity index (χ1n) is 8.81. The van der Waals surface area contributed by atoms with E-state index in [0.717, 1.165) is 11.1 Å². The van der Waals surface area contributed by atoms with Crippen LogP contribution in [0.5, 0.6) is 0 Å². The van der Waals surface area contributed by atoms with Gasteiger partial charge >= 0.3 is 0 Å². The van der Waals surface area contributed by atoms with Crippen molar-refractivity contribution in [3.8, 4) is 0 Å². The predicted molar refractivity (Wildman–Crippen MR) is 104 cm³/mol. The quantitative estimate of drug-likeness (QED) is 0.641. The first kappa shape index (κ1) is 19.5. The van der Waals surface area contributed by atoms with E-state index in [4.69, 9.17) is 4.74 Å². The van der Waals surface area contributed by atoms with Gasteiger partial charge in [-0.3, -0.25) is 0 Å². The molecule has 0 saturated carbocycles. The molecule has 3 rings (SSSR count). The monoisotopic (exact) mass is 388 g/mol. The van der Waals surface area contributed by atoms with Crippen molar-refractivity contribution in [1.29, 1.82) is 0 Å². The third-order valence-corrected chi connectivity index (χ3v) is 5.80. The van der Waals surface area contributed by atoms with Gasteiger partial charge < -0.3 is 9.30 Å². The van der Waals surface area contributed by atoms with Gasteiger partial charge in [-0.1, -0.05) is 26.0 Å². The van der Waals surface area contributed by atoms with Crippen molar-refractivity contribution in [2.75, 3.05) is 13.7 Å². The Kier molecular flexibility index (Phi) is 5.88. The topological polar surface area (TPSA) is 86.1 Å². The van der Waals surface area contributed by atoms with Crippen LogP contribution < -0.4 is 4.72 Å². The second kappa shape index (κ2) is 8.16. The number of sulfonamides is 1. The number of aromatic nitrogens is 3. The summed E-state index contributed by atoms with van der Waals surface area (Å²) in [5.74, 6) is 0.950. The number of rotatable bonds is 8. The standard InChI is InChI=1S/C19H24N4O3S/c1-14(2)15-6-8-16(9-7-15)27(24,25)21-13-18-22-17-5-4-10-20-19(17)23(18)11-12-26-3/h4-10,14,21H,11-13H2,1-3H3. The van der Waals surface area contributed by atoms with Crippen molar-refractivity contribution in [1.82, 2.24) is 19.3 Å². The van der Waals surface area contributed by atoms with Gasteiger partial charge in [-0.15, -0.1) is 0 Å². The summed E-state index contributed by atoms with van der Waals surface area (Å²) >= 11 is 0. The maximum absolute atomic E-state index is 12.6. The lowest BCUT2D eigenvalue weighted by molar-refractivity contribution is 0.187. The van der Waals surface area contributed by atoms with Crippen LogP contribution in [0.1, 0.15) is 31.2 Å². The number of benzene rings is 1. The first-order chi connectivity index (χ1) is 12.9. The van der Waals surface area contributed by atoms with Gasteiger partial charge in [0.2, 0.25) is 10.0 Å². The van der Waals surface area contributed by atoms with Crippen LogP contribution in [0, 0.1) is 0 Å². The molecule has 8 heteroatoms. The summed E-state index contributed by atoms with van der Waals surface area (Å²) in [6.07, 6.45) is 1.69. The molecule has 0 aliphatic rings. The van der Waals surface area contributed by atoms with Gasteiger partial charge in [0.05, 0.1) is 18.0 Å². The summed E-state index contributed by atoms with van der Waals surface area (Å²) in [6, 6.07) is 10.6. The van der Waals surface area contributed by atoms with Crippen LogP contribution in [-0.4, -0.2) is 36.7 Å². The lowest BCUT2D eigenvalue weighted by Crippen LogP contribution is -2.25. The first-order valence-corrected chi connectivity index (χ1v) is 10.3. The molecule has 0 aliphatic heterocycles. The zero-order chi connectivity index (χ0) is 19.4. The summed E-state index contributed by atoms with van der Waals surface area (Å²) in [5.41, 5.74) is 2.54. The number of fused-ring (bicyclic) bond motifs is 1. The van der Waals surface area contributed by atoms with Crippen LogP contribution in [0.2, 0.25) is 0 Å². The molecule has 0 amide bonds. The predicted octanol–water partition coefficient (Wildman–Crippen LogP) is 2.68. The van der Waals surface area contributed by atoms with Crippen LogP contribution in [0.25, 0.3) is 11.2 Å². The van der Waals surface area contributed by atoms with E-state index < -0.39 is 10.0 Å². The fourth-order valence-electron chi connectivity index (χ4n) is 2.83. The molecule has 0 fully saturated rings. The Morgan fingerprint density at radius 1 is 1.19 bits per heavy atom. The Labute approximate surface area is 159 Å². The van der Waals surface area contributed by atoms with Crippen LogP contribution in [-0.2, 0) is 27.8 Å². The lowest BCUT2D eigenvalue weighted by Gasteiger charge is -2.11. The molecule has 0 unspecified atom stereocenters. The van der Waals surface area contributed by atoms with Crippen molar-refractivity contribution < 1.29 is 13.2 Å². The molecule has 2 heterocycles. The molecule has 0 atom stereocenters. The minimum Gasteiger partial charge on any atom is -0.383 e. The normalized spacial score (nSPS) is 12.1. The number of methoxy groups -OCH3 is 1. The Balaban J connectivity index is 1.82. The van der Waals surface area contributed by atoms with Crippen molar-refractivity contribution in [3.63, 3.8) is 0 Å². The Hall–Kier alpha value is -2.29. The van der Waals surface area contributed by atoms with E-state index in [-0.39, 0.29) is 11.4 Å². The maximum Gasteiger partial charge on any atom is 0.240 e. The number of nitrogens with zero attached hydrogens (tertiary/aromatic N) is 3. The second-order valence-electron chi connectivity index (χ2n) is 6.57. The van der Waals surface area contributed by atoms with E-state index in [1.165, 1.54) is 0 Å². The van der Waals surface area contributed by atoms with Gasteiger partial charge in [0.1, 0.15) is 11.3 Å². The highest BCUT2D eigenvalue weighted by Gasteiger charge is 2.17. The molecule has 0 spiro atoms. The van der Waals surface area contributed by atoms with Crippen molar-refractivity contribution >= 4 is 21.2 Å². The van der Waals surface area contributed by atoms with E-state index in [1.807, 2.05) is 22.8 Å². The summed E-state index contributed by atoms with van der Waals surface area (Å²) in [4.78, 5) is 9.11. The number of hydrogen-bond acceptors (Lipinski definition) is 5. The molecule has 144 valence electrons. The summed E-state index contributed by atoms with van der Waals surface area (Å²) < 4.78 is 34.9. The number of nitrogens with one attached hydrogen (secondary N) is 1. The third-order valence-electron chi connectivity index (χ3n) is 4.38. The average molecular weight is 388 g/mol. The zero-order valence-corrected chi connectivity index (χ0v) is 16.5. The molecule has 1 aromatic carbocycles. The summed E-state index contributed by atoms with van der Waals surface area (Å²) in [7, 11) is -2.01. The highest BCUT2D eigenvalue weighted by atomic mass is 32.2. The summed E-state index contributed by atoms with van der Waals surface area (Å²) in [6.45, 7) is 5.25. The minimum absolute atomic E-state index is 0.0777. The average Bonchev–Trinajstić information content (AvgIpc) is 3.02. The van der Waals surface area contributed by atoms with Crippen molar-refractivity contribution in [2.45, 2.75) is 37.8 Å². The molecule has 3 aromatic rings. The number of pyridine rings is 1. The van der Waals surface area contributed by atoms with Gasteiger partial charge in [-0.2, -0.15) is 0 Å². The lowest BCUT2D eigenvalue weighted by atomic mass is 10.0. The fraction of sp³-hybridized carbons (Fsp3) is 0.368. The SMILES string of the molecule is COCCn1c(CNS(=O)(=O)c2ccc(C(C)C)cc2)nc2cccnc21. The van der Waals surface area contributed by atoms with Crippen LogP contribution in [0.4, 0.5) is 0 Å². The van der Waals surface area contributed by atoms with E-state index in [2.05, 4.69) is 28.5 Å². The van der Waals surface area contributed by atoms with Gasteiger partial charge in [0.15, 0.2) is 5.65 Å². The van der Waals surface area contributed by atoms with Crippen molar-refractivity contribution in [2.24, 2.45) is 0 Å². The molecule has 2 aromatic heterocycles. The molecular weight excluding hydrogens is 364 g/mol. The van der Waals surface area contributed by atoms with Crippen molar-refractivity contribution in [3.05, 3.63) is 54.0 Å². The van der Waals surface area contributed by atoms with Crippen LogP contribution >= 0.6 is 0 Å². The molecule has 1 N–H and O–H groups in total. The Morgan fingerprint density at radius 3 is 2.59 bits per heavy atom. The summed E-state index contributed by atoms with van der Waals surface area (Å²) in [5, 5.41) is 0. The zero-order valence-electron chi connectivity index (χ0n) is 15.7. The van der Waals surface area contributed by atoms with Gasteiger partial charge in [0, 0.05) is 19.9 Å². The van der Waals surface area contributed by atoms with E-state index in [9.17, 15) is 8.42 Å². The molecule has 0 aliphatic carbocycles. The van der Waals surface area contributed by atoms with E-state index >= 15 is 0 Å². The third kappa shape index (κ3) is 4.35. The number of ether oxygens (including phenoxy) is 1. The maximum atomic E-state index is 12.6. The molecule has 27 heavy (non-hydrogen) atoms. The molecule has 0 saturated heterocycles. The van der Waals surface area contributed by atoms with Gasteiger partial charge in [-0.05, 0) is 35.7 Å². The van der Waals surface area contributed by atoms with E-state index in [1.54, 1.807) is 31.5 Å². The highest BCUT2D eigenvalue weighted by molar-refractivity contribution is 7.89. The van der Waals surface area contributed by atoms with Crippen LogP contribution in [0.3, 0.4) is 0 Å². The number of imidazole rings is 1. The van der Waals surface area contributed by atoms with Gasteiger partial charge in [0.25, 0.3) is 0 Å². The minimum atomic E-state index is -3.63.